The van der Waals surface area contributed by atoms with E-state index in [9.17, 15) is 13.2 Å². The lowest BCUT2D eigenvalue weighted by Gasteiger charge is -2.09. The van der Waals surface area contributed by atoms with Crippen LogP contribution >= 0.6 is 0 Å². The Morgan fingerprint density at radius 2 is 1.89 bits per heavy atom. The number of hydrogen-bond acceptors (Lipinski definition) is 3. The zero-order chi connectivity index (χ0) is 14.0. The molecule has 19 heavy (non-hydrogen) atoms. The third-order valence-electron chi connectivity index (χ3n) is 2.56. The predicted molar refractivity (Wildman–Crippen MR) is 63.4 cm³/mol. The second-order valence-corrected chi connectivity index (χ2v) is 3.99. The van der Waals surface area contributed by atoms with E-state index in [4.69, 9.17) is 10.5 Å². The number of rotatable bonds is 3. The van der Waals surface area contributed by atoms with E-state index in [0.29, 0.717) is 11.6 Å². The molecule has 102 valence electrons. The van der Waals surface area contributed by atoms with E-state index in [1.807, 2.05) is 0 Å². The number of alkyl halides is 3. The van der Waals surface area contributed by atoms with Crippen LogP contribution in [0.1, 0.15) is 11.3 Å². The molecule has 0 saturated carbocycles. The average molecular weight is 271 g/mol. The molecule has 0 spiro atoms. The molecule has 0 amide bonds. The van der Waals surface area contributed by atoms with Crippen molar-refractivity contribution in [1.82, 2.24) is 9.78 Å². The molecule has 0 bridgehead atoms. The fourth-order valence-electron chi connectivity index (χ4n) is 1.56. The van der Waals surface area contributed by atoms with Crippen LogP contribution in [-0.2, 0) is 19.8 Å². The molecule has 1 aromatic heterocycles. The van der Waals surface area contributed by atoms with E-state index in [1.165, 1.54) is 12.1 Å². The van der Waals surface area contributed by atoms with Crippen LogP contribution in [0.15, 0.2) is 30.3 Å². The first-order valence-corrected chi connectivity index (χ1v) is 5.45. The third kappa shape index (κ3) is 3.18. The molecule has 0 aliphatic heterocycles. The predicted octanol–water partition coefficient (Wildman–Crippen LogP) is 2.60. The molecule has 0 saturated heterocycles. The molecule has 0 atom stereocenters. The molecule has 2 aromatic rings. The van der Waals surface area contributed by atoms with Crippen molar-refractivity contribution in [3.63, 3.8) is 0 Å². The molecule has 1 heterocycles. The number of hydrogen-bond donors (Lipinski definition) is 1. The highest BCUT2D eigenvalue weighted by Crippen LogP contribution is 2.30. The lowest BCUT2D eigenvalue weighted by molar-refractivity contribution is -0.137. The highest BCUT2D eigenvalue weighted by molar-refractivity contribution is 5.31. The van der Waals surface area contributed by atoms with Crippen molar-refractivity contribution < 1.29 is 17.9 Å². The minimum atomic E-state index is -4.34. The second kappa shape index (κ2) is 4.83. The van der Waals surface area contributed by atoms with Crippen molar-refractivity contribution >= 4 is 5.82 Å². The monoisotopic (exact) mass is 271 g/mol. The lowest BCUT2D eigenvalue weighted by atomic mass is 10.2. The van der Waals surface area contributed by atoms with E-state index in [-0.39, 0.29) is 6.61 Å². The molecule has 4 nitrogen and oxygen atoms in total. The summed E-state index contributed by atoms with van der Waals surface area (Å²) in [6, 6.07) is 6.16. The van der Waals surface area contributed by atoms with Gasteiger partial charge in [-0.25, -0.2) is 0 Å². The van der Waals surface area contributed by atoms with Crippen molar-refractivity contribution in [2.75, 3.05) is 5.73 Å². The largest absolute Gasteiger partial charge is 0.487 e. The van der Waals surface area contributed by atoms with E-state index >= 15 is 0 Å². The summed E-state index contributed by atoms with van der Waals surface area (Å²) in [4.78, 5) is 0. The van der Waals surface area contributed by atoms with Crippen molar-refractivity contribution in [2.45, 2.75) is 12.8 Å². The van der Waals surface area contributed by atoms with Crippen molar-refractivity contribution in [1.29, 1.82) is 0 Å². The quantitative estimate of drug-likeness (QED) is 0.933. The summed E-state index contributed by atoms with van der Waals surface area (Å²) in [5.74, 6) is 0.723. The van der Waals surface area contributed by atoms with Gasteiger partial charge in [0.2, 0.25) is 0 Å². The number of aryl methyl sites for hydroxylation is 1. The highest BCUT2D eigenvalue weighted by atomic mass is 19.4. The number of ether oxygens (including phenoxy) is 1. The van der Waals surface area contributed by atoms with Gasteiger partial charge in [-0.1, -0.05) is 0 Å². The summed E-state index contributed by atoms with van der Waals surface area (Å²) < 4.78 is 44.0. The first kappa shape index (κ1) is 13.3. The Labute approximate surface area is 107 Å². The van der Waals surface area contributed by atoms with Gasteiger partial charge in [0.1, 0.15) is 18.2 Å². The van der Waals surface area contributed by atoms with Crippen molar-refractivity contribution in [3.8, 4) is 5.75 Å². The van der Waals surface area contributed by atoms with Crippen LogP contribution in [0.2, 0.25) is 0 Å². The topological polar surface area (TPSA) is 53.1 Å². The van der Waals surface area contributed by atoms with Crippen LogP contribution in [0.5, 0.6) is 5.75 Å². The normalized spacial score (nSPS) is 11.6. The minimum absolute atomic E-state index is 0.187. The van der Waals surface area contributed by atoms with Gasteiger partial charge in [0.15, 0.2) is 0 Å². The summed E-state index contributed by atoms with van der Waals surface area (Å²) in [6.07, 6.45) is -4.34. The third-order valence-corrected chi connectivity index (χ3v) is 2.56. The SMILES string of the molecule is Cn1nc(N)cc1COc1ccc(C(F)(F)F)cc1. The number of nitrogen functional groups attached to an aromatic ring is 1. The van der Waals surface area contributed by atoms with Crippen LogP contribution in [0.4, 0.5) is 19.0 Å². The second-order valence-electron chi connectivity index (χ2n) is 3.99. The van der Waals surface area contributed by atoms with E-state index in [2.05, 4.69) is 5.10 Å². The standard InChI is InChI=1S/C12H12F3N3O/c1-18-9(6-11(16)17-18)7-19-10-4-2-8(3-5-10)12(13,14)15/h2-6H,7H2,1H3,(H2,16,17). The molecule has 2 N–H and O–H groups in total. The zero-order valence-corrected chi connectivity index (χ0v) is 10.1. The maximum Gasteiger partial charge on any atom is 0.416 e. The Bertz CT molecular complexity index is 561. The Morgan fingerprint density at radius 1 is 1.26 bits per heavy atom. The van der Waals surface area contributed by atoms with Crippen molar-refractivity contribution in [3.05, 3.63) is 41.6 Å². The fourth-order valence-corrected chi connectivity index (χ4v) is 1.56. The van der Waals surface area contributed by atoms with Gasteiger partial charge in [-0.15, -0.1) is 0 Å². The molecular weight excluding hydrogens is 259 g/mol. The summed E-state index contributed by atoms with van der Waals surface area (Å²) in [5, 5.41) is 3.94. The van der Waals surface area contributed by atoms with Gasteiger partial charge >= 0.3 is 6.18 Å². The fraction of sp³-hybridized carbons (Fsp3) is 0.250. The van der Waals surface area contributed by atoms with Gasteiger partial charge in [-0.05, 0) is 24.3 Å². The Kier molecular flexibility index (Phi) is 3.37. The maximum absolute atomic E-state index is 12.4. The molecule has 0 unspecified atom stereocenters. The first-order valence-electron chi connectivity index (χ1n) is 5.45. The summed E-state index contributed by atoms with van der Waals surface area (Å²) in [7, 11) is 1.71. The molecular formula is C12H12F3N3O. The molecule has 0 aliphatic rings. The molecule has 1 aromatic carbocycles. The molecule has 0 fully saturated rings. The Balaban J connectivity index is 2.02. The molecule has 0 aliphatic carbocycles. The van der Waals surface area contributed by atoms with Gasteiger partial charge in [0.25, 0.3) is 0 Å². The number of anilines is 1. The Hall–Kier alpha value is -2.18. The molecule has 7 heteroatoms. The zero-order valence-electron chi connectivity index (χ0n) is 10.1. The number of benzene rings is 1. The van der Waals surface area contributed by atoms with Gasteiger partial charge in [0.05, 0.1) is 11.3 Å². The number of nitrogens with zero attached hydrogens (tertiary/aromatic N) is 2. The van der Waals surface area contributed by atoms with Gasteiger partial charge in [-0.2, -0.15) is 18.3 Å². The van der Waals surface area contributed by atoms with Gasteiger partial charge < -0.3 is 10.5 Å². The number of halogens is 3. The maximum atomic E-state index is 12.4. The van der Waals surface area contributed by atoms with E-state index < -0.39 is 11.7 Å². The van der Waals surface area contributed by atoms with Crippen LogP contribution < -0.4 is 10.5 Å². The molecule has 0 radical (unpaired) electrons. The van der Waals surface area contributed by atoms with Crippen molar-refractivity contribution in [2.24, 2.45) is 7.05 Å². The first-order chi connectivity index (χ1) is 8.86. The Morgan fingerprint density at radius 3 is 2.37 bits per heavy atom. The number of aromatic nitrogens is 2. The van der Waals surface area contributed by atoms with Crippen LogP contribution in [-0.4, -0.2) is 9.78 Å². The number of nitrogens with two attached hydrogens (primary N) is 1. The van der Waals surface area contributed by atoms with Crippen LogP contribution in [0, 0.1) is 0 Å². The van der Waals surface area contributed by atoms with Gasteiger partial charge in [0, 0.05) is 13.1 Å². The minimum Gasteiger partial charge on any atom is -0.487 e. The van der Waals surface area contributed by atoms with Crippen LogP contribution in [0.25, 0.3) is 0 Å². The van der Waals surface area contributed by atoms with Gasteiger partial charge in [-0.3, -0.25) is 4.68 Å². The smallest absolute Gasteiger partial charge is 0.416 e. The molecule has 2 rings (SSSR count). The summed E-state index contributed by atoms with van der Waals surface area (Å²) in [5.41, 5.74) is 5.53. The summed E-state index contributed by atoms with van der Waals surface area (Å²) >= 11 is 0. The van der Waals surface area contributed by atoms with Crippen LogP contribution in [0.3, 0.4) is 0 Å². The van der Waals surface area contributed by atoms with E-state index in [1.54, 1.807) is 17.8 Å². The summed E-state index contributed by atoms with van der Waals surface area (Å²) in [6.45, 7) is 0.187. The average Bonchev–Trinajstić information content (AvgIpc) is 2.65. The lowest BCUT2D eigenvalue weighted by Crippen LogP contribution is -2.05. The van der Waals surface area contributed by atoms with E-state index in [0.717, 1.165) is 17.8 Å². The highest BCUT2D eigenvalue weighted by Gasteiger charge is 2.29.